The predicted octanol–water partition coefficient (Wildman–Crippen LogP) is 3.53. The molecule has 150 valence electrons. The quantitative estimate of drug-likeness (QED) is 0.643. The van der Waals surface area contributed by atoms with Gasteiger partial charge in [-0.25, -0.2) is 4.98 Å². The van der Waals surface area contributed by atoms with Crippen molar-refractivity contribution in [3.05, 3.63) is 66.4 Å². The lowest BCUT2D eigenvalue weighted by Gasteiger charge is -2.26. The van der Waals surface area contributed by atoms with Crippen molar-refractivity contribution in [3.8, 4) is 22.8 Å². The molecule has 3 aromatic rings. The van der Waals surface area contributed by atoms with Crippen LogP contribution in [-0.4, -0.2) is 42.4 Å². The second-order valence-electron chi connectivity index (χ2n) is 7.40. The summed E-state index contributed by atoms with van der Waals surface area (Å²) in [6.45, 7) is 1.75. The van der Waals surface area contributed by atoms with Crippen LogP contribution in [0.25, 0.3) is 22.8 Å². The molecule has 1 aliphatic heterocycles. The normalized spacial score (nSPS) is 18.7. The molecule has 1 aromatic heterocycles. The van der Waals surface area contributed by atoms with Gasteiger partial charge in [0.2, 0.25) is 5.89 Å². The van der Waals surface area contributed by atoms with Gasteiger partial charge in [0.15, 0.2) is 5.76 Å². The Kier molecular flexibility index (Phi) is 5.74. The van der Waals surface area contributed by atoms with Crippen LogP contribution in [0.3, 0.4) is 0 Å². The molecule has 0 bridgehead atoms. The minimum Gasteiger partial charge on any atom is -0.436 e. The third kappa shape index (κ3) is 4.23. The number of oxazole rings is 1. The van der Waals surface area contributed by atoms with Crippen LogP contribution >= 0.6 is 0 Å². The first-order valence-corrected chi connectivity index (χ1v) is 9.78. The third-order valence-electron chi connectivity index (χ3n) is 5.42. The molecule has 1 atom stereocenters. The van der Waals surface area contributed by atoms with Gasteiger partial charge in [0.05, 0.1) is 18.4 Å². The molecule has 0 aliphatic carbocycles. The van der Waals surface area contributed by atoms with Crippen molar-refractivity contribution in [1.29, 1.82) is 0 Å². The monoisotopic (exact) mass is 392 g/mol. The van der Waals surface area contributed by atoms with Crippen molar-refractivity contribution in [2.24, 2.45) is 5.41 Å². The largest absolute Gasteiger partial charge is 0.436 e. The Balaban J connectivity index is 1.54. The lowest BCUT2D eigenvalue weighted by molar-refractivity contribution is 0.0890. The molecule has 0 saturated carbocycles. The van der Waals surface area contributed by atoms with E-state index in [1.54, 1.807) is 12.3 Å². The molecule has 0 spiro atoms. The van der Waals surface area contributed by atoms with Crippen LogP contribution in [0.4, 0.5) is 0 Å². The van der Waals surface area contributed by atoms with E-state index in [-0.39, 0.29) is 17.9 Å². The fourth-order valence-corrected chi connectivity index (χ4v) is 3.68. The van der Waals surface area contributed by atoms with Crippen molar-refractivity contribution >= 4 is 5.91 Å². The number of benzene rings is 2. The summed E-state index contributed by atoms with van der Waals surface area (Å²) in [5.41, 5.74) is 1.88. The maximum atomic E-state index is 12.9. The zero-order valence-electron chi connectivity index (χ0n) is 16.1. The number of rotatable bonds is 7. The molecule has 29 heavy (non-hydrogen) atoms. The van der Waals surface area contributed by atoms with Crippen molar-refractivity contribution in [2.45, 2.75) is 12.8 Å². The summed E-state index contributed by atoms with van der Waals surface area (Å²) >= 11 is 0. The summed E-state index contributed by atoms with van der Waals surface area (Å²) < 4.78 is 11.4. The van der Waals surface area contributed by atoms with Crippen LogP contribution in [0.2, 0.25) is 0 Å². The van der Waals surface area contributed by atoms with Gasteiger partial charge in [-0.1, -0.05) is 42.5 Å². The maximum Gasteiger partial charge on any atom is 0.252 e. The van der Waals surface area contributed by atoms with E-state index in [2.05, 4.69) is 10.3 Å². The van der Waals surface area contributed by atoms with Crippen LogP contribution in [0.1, 0.15) is 23.2 Å². The van der Waals surface area contributed by atoms with Gasteiger partial charge in [-0.3, -0.25) is 4.79 Å². The fraction of sp³-hybridized carbons (Fsp3) is 0.304. The first-order chi connectivity index (χ1) is 14.2. The highest BCUT2D eigenvalue weighted by molar-refractivity contribution is 6.00. The van der Waals surface area contributed by atoms with E-state index in [4.69, 9.17) is 9.15 Å². The molecule has 2 heterocycles. The number of nitrogens with one attached hydrogen (secondary N) is 1. The summed E-state index contributed by atoms with van der Waals surface area (Å²) in [6, 6.07) is 17.0. The summed E-state index contributed by atoms with van der Waals surface area (Å²) in [6.07, 6.45) is 3.11. The maximum absolute atomic E-state index is 12.9. The zero-order chi connectivity index (χ0) is 20.1. The molecule has 0 radical (unpaired) electrons. The smallest absolute Gasteiger partial charge is 0.252 e. The fourth-order valence-electron chi connectivity index (χ4n) is 3.68. The second-order valence-corrected chi connectivity index (χ2v) is 7.40. The average Bonchev–Trinajstić information content (AvgIpc) is 3.43. The van der Waals surface area contributed by atoms with Gasteiger partial charge >= 0.3 is 0 Å². The number of hydrogen-bond donors (Lipinski definition) is 2. The van der Waals surface area contributed by atoms with Crippen molar-refractivity contribution in [2.75, 3.05) is 26.4 Å². The highest BCUT2D eigenvalue weighted by Crippen LogP contribution is 2.32. The first-order valence-electron chi connectivity index (χ1n) is 9.78. The number of hydrogen-bond acceptors (Lipinski definition) is 5. The molecular weight excluding hydrogens is 368 g/mol. The Hall–Kier alpha value is -2.96. The molecule has 6 heteroatoms. The number of carbonyl (C=O) groups excluding carboxylic acids is 1. The SMILES string of the molecule is O=C(NCC1(CCO)CCOC1)c1ccccc1-c1ncc(-c2ccccc2)o1. The van der Waals surface area contributed by atoms with Crippen molar-refractivity contribution in [1.82, 2.24) is 10.3 Å². The van der Waals surface area contributed by atoms with Gasteiger partial charge in [-0.2, -0.15) is 0 Å². The molecular formula is C23H24N2O4. The summed E-state index contributed by atoms with van der Waals surface area (Å²) in [5, 5.41) is 12.4. The highest BCUT2D eigenvalue weighted by atomic mass is 16.5. The standard InChI is InChI=1S/C23H24N2O4/c26-12-10-23(11-13-28-16-23)15-25-21(27)18-8-4-5-9-19(18)22-24-14-20(29-22)17-6-2-1-3-7-17/h1-9,14,26H,10-13,15-16H2,(H,25,27). The Bertz CT molecular complexity index is 962. The van der Waals surface area contributed by atoms with Gasteiger partial charge in [0.1, 0.15) is 0 Å². The van der Waals surface area contributed by atoms with Crippen LogP contribution in [0.15, 0.2) is 65.2 Å². The van der Waals surface area contributed by atoms with Gasteiger partial charge in [0, 0.05) is 36.3 Å². The Morgan fingerprint density at radius 2 is 1.93 bits per heavy atom. The number of aliphatic hydroxyl groups excluding tert-OH is 1. The van der Waals surface area contributed by atoms with E-state index in [0.717, 1.165) is 12.0 Å². The summed E-state index contributed by atoms with van der Waals surface area (Å²) in [5.74, 6) is 0.869. The van der Waals surface area contributed by atoms with E-state index in [9.17, 15) is 9.90 Å². The van der Waals surface area contributed by atoms with Gasteiger partial charge in [-0.15, -0.1) is 0 Å². The van der Waals surface area contributed by atoms with E-state index >= 15 is 0 Å². The average molecular weight is 392 g/mol. The van der Waals surface area contributed by atoms with Crippen LogP contribution in [0.5, 0.6) is 0 Å². The van der Waals surface area contributed by atoms with Crippen LogP contribution < -0.4 is 5.32 Å². The minimum atomic E-state index is -0.206. The predicted molar refractivity (Wildman–Crippen MR) is 109 cm³/mol. The number of carbonyl (C=O) groups is 1. The Morgan fingerprint density at radius 3 is 2.69 bits per heavy atom. The molecule has 2 N–H and O–H groups in total. The molecule has 1 amide bonds. The molecule has 2 aromatic carbocycles. The van der Waals surface area contributed by atoms with E-state index in [1.165, 1.54) is 0 Å². The molecule has 1 saturated heterocycles. The van der Waals surface area contributed by atoms with Crippen molar-refractivity contribution in [3.63, 3.8) is 0 Å². The summed E-state index contributed by atoms with van der Waals surface area (Å²) in [4.78, 5) is 17.3. The highest BCUT2D eigenvalue weighted by Gasteiger charge is 2.35. The minimum absolute atomic E-state index is 0.0778. The lowest BCUT2D eigenvalue weighted by Crippen LogP contribution is -2.39. The topological polar surface area (TPSA) is 84.6 Å². The molecule has 1 unspecified atom stereocenters. The Labute approximate surface area is 169 Å². The molecule has 1 fully saturated rings. The van der Waals surface area contributed by atoms with Crippen molar-refractivity contribution < 1.29 is 19.1 Å². The first kappa shape index (κ1) is 19.4. The second kappa shape index (κ2) is 8.59. The molecule has 1 aliphatic rings. The van der Waals surface area contributed by atoms with E-state index < -0.39 is 0 Å². The van der Waals surface area contributed by atoms with Crippen LogP contribution in [-0.2, 0) is 4.74 Å². The molecule has 4 rings (SSSR count). The number of aromatic nitrogens is 1. The molecule has 6 nitrogen and oxygen atoms in total. The summed E-state index contributed by atoms with van der Waals surface area (Å²) in [7, 11) is 0. The van der Waals surface area contributed by atoms with Crippen LogP contribution in [0, 0.1) is 5.41 Å². The third-order valence-corrected chi connectivity index (χ3v) is 5.42. The zero-order valence-corrected chi connectivity index (χ0v) is 16.1. The van der Waals surface area contributed by atoms with Gasteiger partial charge < -0.3 is 19.6 Å². The van der Waals surface area contributed by atoms with Gasteiger partial charge in [-0.05, 0) is 25.0 Å². The van der Waals surface area contributed by atoms with E-state index in [0.29, 0.717) is 49.0 Å². The van der Waals surface area contributed by atoms with Gasteiger partial charge in [0.25, 0.3) is 5.91 Å². The number of ether oxygens (including phenoxy) is 1. The number of aliphatic hydroxyl groups is 1. The number of nitrogens with zero attached hydrogens (tertiary/aromatic N) is 1. The van der Waals surface area contributed by atoms with E-state index in [1.807, 2.05) is 48.5 Å². The number of amides is 1. The lowest BCUT2D eigenvalue weighted by atomic mass is 9.84. The Morgan fingerprint density at radius 1 is 1.14 bits per heavy atom.